The van der Waals surface area contributed by atoms with Gasteiger partial charge in [0, 0.05) is 33.8 Å². The van der Waals surface area contributed by atoms with Crippen LogP contribution in [0.3, 0.4) is 0 Å². The Kier molecular flexibility index (Phi) is 6.77. The number of methoxy groups -OCH3 is 1. The smallest absolute Gasteiger partial charge is 0.193 e. The molecule has 0 radical (unpaired) electrons. The van der Waals surface area contributed by atoms with E-state index in [1.807, 2.05) is 7.05 Å². The monoisotopic (exact) mass is 297 g/mol. The van der Waals surface area contributed by atoms with Gasteiger partial charge in [-0.2, -0.15) is 0 Å². The van der Waals surface area contributed by atoms with Crippen molar-refractivity contribution in [3.8, 4) is 0 Å². The minimum Gasteiger partial charge on any atom is -0.382 e. The number of guanidine groups is 1. The van der Waals surface area contributed by atoms with Crippen molar-refractivity contribution < 1.29 is 9.47 Å². The summed E-state index contributed by atoms with van der Waals surface area (Å²) >= 11 is 0. The Morgan fingerprint density at radius 2 is 1.95 bits per heavy atom. The number of aliphatic imine (C=N–C) groups is 1. The van der Waals surface area contributed by atoms with Crippen LogP contribution in [-0.4, -0.2) is 64.5 Å². The van der Waals surface area contributed by atoms with E-state index in [4.69, 9.17) is 9.47 Å². The van der Waals surface area contributed by atoms with E-state index in [1.165, 1.54) is 45.1 Å². The molecule has 0 atom stereocenters. The SMILES string of the molecule is CN=C(NCCOCCOC)N1CCC2(CCCCC2)C1. The van der Waals surface area contributed by atoms with Gasteiger partial charge in [-0.25, -0.2) is 0 Å². The maximum atomic E-state index is 5.48. The first kappa shape index (κ1) is 16.6. The first-order valence-electron chi connectivity index (χ1n) is 8.32. The largest absolute Gasteiger partial charge is 0.382 e. The van der Waals surface area contributed by atoms with Crippen molar-refractivity contribution in [1.82, 2.24) is 10.2 Å². The average molecular weight is 297 g/mol. The average Bonchev–Trinajstić information content (AvgIpc) is 2.91. The van der Waals surface area contributed by atoms with E-state index in [2.05, 4.69) is 15.2 Å². The zero-order chi connectivity index (χ0) is 15.0. The molecule has 1 saturated carbocycles. The van der Waals surface area contributed by atoms with Crippen molar-refractivity contribution in [2.75, 3.05) is 53.6 Å². The van der Waals surface area contributed by atoms with E-state index in [-0.39, 0.29) is 0 Å². The molecule has 2 rings (SSSR count). The quantitative estimate of drug-likeness (QED) is 0.462. The molecule has 1 spiro atoms. The molecule has 122 valence electrons. The predicted molar refractivity (Wildman–Crippen MR) is 85.8 cm³/mol. The van der Waals surface area contributed by atoms with Crippen molar-refractivity contribution in [3.05, 3.63) is 0 Å². The van der Waals surface area contributed by atoms with Gasteiger partial charge in [-0.1, -0.05) is 19.3 Å². The Hall–Kier alpha value is -0.810. The number of nitrogens with zero attached hydrogens (tertiary/aromatic N) is 2. The maximum absolute atomic E-state index is 5.48. The number of rotatable bonds is 6. The lowest BCUT2D eigenvalue weighted by atomic mass is 9.73. The first-order valence-corrected chi connectivity index (χ1v) is 8.32. The Labute approximate surface area is 129 Å². The minimum absolute atomic E-state index is 0.574. The van der Waals surface area contributed by atoms with Crippen LogP contribution in [0.5, 0.6) is 0 Å². The lowest BCUT2D eigenvalue weighted by Crippen LogP contribution is -2.42. The van der Waals surface area contributed by atoms with Gasteiger partial charge in [0.25, 0.3) is 0 Å². The molecule has 0 aromatic carbocycles. The second kappa shape index (κ2) is 8.59. The zero-order valence-corrected chi connectivity index (χ0v) is 13.7. The molecule has 1 aliphatic carbocycles. The molecule has 0 amide bonds. The van der Waals surface area contributed by atoms with Gasteiger partial charge in [-0.15, -0.1) is 0 Å². The van der Waals surface area contributed by atoms with Crippen LogP contribution in [0.4, 0.5) is 0 Å². The molecule has 0 unspecified atom stereocenters. The molecular weight excluding hydrogens is 266 g/mol. The fourth-order valence-corrected chi connectivity index (χ4v) is 3.64. The standard InChI is InChI=1S/C16H31N3O2/c1-17-15(18-9-11-21-13-12-20-2)19-10-8-16(14-19)6-4-3-5-7-16/h3-14H2,1-2H3,(H,17,18). The van der Waals surface area contributed by atoms with E-state index >= 15 is 0 Å². The van der Waals surface area contributed by atoms with Gasteiger partial charge in [0.2, 0.25) is 0 Å². The molecule has 0 aromatic rings. The predicted octanol–water partition coefficient (Wildman–Crippen LogP) is 1.88. The summed E-state index contributed by atoms with van der Waals surface area (Å²) in [7, 11) is 3.57. The van der Waals surface area contributed by atoms with E-state index < -0.39 is 0 Å². The highest BCUT2D eigenvalue weighted by Gasteiger charge is 2.39. The van der Waals surface area contributed by atoms with E-state index in [0.29, 0.717) is 25.2 Å². The normalized spacial score (nSPS) is 22.0. The minimum atomic E-state index is 0.574. The molecule has 5 nitrogen and oxygen atoms in total. The number of hydrogen-bond acceptors (Lipinski definition) is 3. The van der Waals surface area contributed by atoms with Crippen LogP contribution in [0.1, 0.15) is 38.5 Å². The molecule has 0 bridgehead atoms. The maximum Gasteiger partial charge on any atom is 0.193 e. The van der Waals surface area contributed by atoms with Crippen LogP contribution in [0.25, 0.3) is 0 Å². The molecule has 1 N–H and O–H groups in total. The third kappa shape index (κ3) is 4.85. The van der Waals surface area contributed by atoms with Crippen LogP contribution >= 0.6 is 0 Å². The number of nitrogens with one attached hydrogen (secondary N) is 1. The Bertz CT molecular complexity index is 327. The topological polar surface area (TPSA) is 46.1 Å². The van der Waals surface area contributed by atoms with Gasteiger partial charge in [-0.3, -0.25) is 4.99 Å². The third-order valence-electron chi connectivity index (χ3n) is 4.83. The van der Waals surface area contributed by atoms with E-state index in [0.717, 1.165) is 19.0 Å². The number of hydrogen-bond donors (Lipinski definition) is 1. The van der Waals surface area contributed by atoms with Crippen LogP contribution in [0.15, 0.2) is 4.99 Å². The van der Waals surface area contributed by atoms with Crippen LogP contribution in [0, 0.1) is 5.41 Å². The molecule has 1 saturated heterocycles. The third-order valence-corrected chi connectivity index (χ3v) is 4.83. The Morgan fingerprint density at radius 1 is 1.14 bits per heavy atom. The van der Waals surface area contributed by atoms with Gasteiger partial charge < -0.3 is 19.7 Å². The zero-order valence-electron chi connectivity index (χ0n) is 13.7. The molecule has 2 aliphatic rings. The summed E-state index contributed by atoms with van der Waals surface area (Å²) in [5.41, 5.74) is 0.574. The highest BCUT2D eigenvalue weighted by molar-refractivity contribution is 5.80. The molecule has 0 aromatic heterocycles. The molecule has 21 heavy (non-hydrogen) atoms. The van der Waals surface area contributed by atoms with E-state index in [9.17, 15) is 0 Å². The fraction of sp³-hybridized carbons (Fsp3) is 0.938. The second-order valence-corrected chi connectivity index (χ2v) is 6.31. The molecule has 5 heteroatoms. The lowest BCUT2D eigenvalue weighted by Gasteiger charge is -2.33. The lowest BCUT2D eigenvalue weighted by molar-refractivity contribution is 0.0731. The summed E-state index contributed by atoms with van der Waals surface area (Å²) in [6, 6.07) is 0. The van der Waals surface area contributed by atoms with Crippen molar-refractivity contribution in [2.24, 2.45) is 10.4 Å². The van der Waals surface area contributed by atoms with Gasteiger partial charge in [-0.05, 0) is 24.7 Å². The highest BCUT2D eigenvalue weighted by Crippen LogP contribution is 2.43. The van der Waals surface area contributed by atoms with Gasteiger partial charge in [0.1, 0.15) is 0 Å². The molecular formula is C16H31N3O2. The summed E-state index contributed by atoms with van der Waals surface area (Å²) in [5, 5.41) is 3.42. The summed E-state index contributed by atoms with van der Waals surface area (Å²) in [6.45, 7) is 5.13. The van der Waals surface area contributed by atoms with Crippen LogP contribution < -0.4 is 5.32 Å². The van der Waals surface area contributed by atoms with Gasteiger partial charge in [0.15, 0.2) is 5.96 Å². The van der Waals surface area contributed by atoms with Crippen molar-refractivity contribution >= 4 is 5.96 Å². The summed E-state index contributed by atoms with van der Waals surface area (Å²) in [6.07, 6.45) is 8.38. The second-order valence-electron chi connectivity index (χ2n) is 6.31. The summed E-state index contributed by atoms with van der Waals surface area (Å²) in [4.78, 5) is 6.86. The molecule has 2 fully saturated rings. The van der Waals surface area contributed by atoms with Crippen molar-refractivity contribution in [3.63, 3.8) is 0 Å². The van der Waals surface area contributed by atoms with E-state index in [1.54, 1.807) is 7.11 Å². The molecule has 1 heterocycles. The highest BCUT2D eigenvalue weighted by atomic mass is 16.5. The van der Waals surface area contributed by atoms with Crippen molar-refractivity contribution in [1.29, 1.82) is 0 Å². The van der Waals surface area contributed by atoms with Crippen LogP contribution in [0.2, 0.25) is 0 Å². The van der Waals surface area contributed by atoms with Crippen LogP contribution in [-0.2, 0) is 9.47 Å². The van der Waals surface area contributed by atoms with Gasteiger partial charge in [0.05, 0.1) is 19.8 Å². The number of ether oxygens (including phenoxy) is 2. The fourth-order valence-electron chi connectivity index (χ4n) is 3.64. The Morgan fingerprint density at radius 3 is 2.67 bits per heavy atom. The summed E-state index contributed by atoms with van der Waals surface area (Å²) in [5.74, 6) is 1.03. The van der Waals surface area contributed by atoms with Crippen molar-refractivity contribution in [2.45, 2.75) is 38.5 Å². The number of likely N-dealkylation sites (tertiary alicyclic amines) is 1. The first-order chi connectivity index (χ1) is 10.3. The Balaban J connectivity index is 1.70. The van der Waals surface area contributed by atoms with Gasteiger partial charge >= 0.3 is 0 Å². The summed E-state index contributed by atoms with van der Waals surface area (Å²) < 4.78 is 10.4. The molecule has 1 aliphatic heterocycles.